The van der Waals surface area contributed by atoms with Crippen molar-refractivity contribution in [2.75, 3.05) is 20.1 Å². The van der Waals surface area contributed by atoms with E-state index in [4.69, 9.17) is 4.98 Å². The van der Waals surface area contributed by atoms with Gasteiger partial charge in [-0.25, -0.2) is 9.97 Å². The Morgan fingerprint density at radius 1 is 1.14 bits per heavy atom. The van der Waals surface area contributed by atoms with Gasteiger partial charge in [0.25, 0.3) is 0 Å². The van der Waals surface area contributed by atoms with Crippen LogP contribution in [0.2, 0.25) is 0 Å². The van der Waals surface area contributed by atoms with E-state index >= 15 is 0 Å². The number of aromatic nitrogens is 3. The standard InChI is InChI=1S/C17H24N4/c1-20-11-9-13(12-20)16-19-15-8-5-10-18-17(15)21(16)14-6-3-2-4-7-14/h5,8,10,13-14H,2-4,6-7,9,11-12H2,1H3. The molecule has 1 aliphatic carbocycles. The molecule has 2 aromatic heterocycles. The molecule has 1 unspecified atom stereocenters. The van der Waals surface area contributed by atoms with Crippen LogP contribution >= 0.6 is 0 Å². The number of hydrogen-bond donors (Lipinski definition) is 0. The summed E-state index contributed by atoms with van der Waals surface area (Å²) in [5, 5.41) is 0. The molecule has 0 bridgehead atoms. The molecule has 1 saturated carbocycles. The van der Waals surface area contributed by atoms with E-state index in [-0.39, 0.29) is 0 Å². The summed E-state index contributed by atoms with van der Waals surface area (Å²) in [6.45, 7) is 2.32. The number of hydrogen-bond acceptors (Lipinski definition) is 3. The van der Waals surface area contributed by atoms with Crippen molar-refractivity contribution in [2.45, 2.75) is 50.5 Å². The molecule has 112 valence electrons. The summed E-state index contributed by atoms with van der Waals surface area (Å²) in [4.78, 5) is 12.1. The van der Waals surface area contributed by atoms with Gasteiger partial charge in [-0.1, -0.05) is 19.3 Å². The highest BCUT2D eigenvalue weighted by Crippen LogP contribution is 2.36. The molecular weight excluding hydrogens is 260 g/mol. The van der Waals surface area contributed by atoms with Gasteiger partial charge in [0, 0.05) is 24.7 Å². The summed E-state index contributed by atoms with van der Waals surface area (Å²) in [6, 6.07) is 4.73. The van der Waals surface area contributed by atoms with Crippen molar-refractivity contribution in [3.8, 4) is 0 Å². The number of rotatable bonds is 2. The fourth-order valence-corrected chi connectivity index (χ4v) is 4.08. The monoisotopic (exact) mass is 284 g/mol. The second-order valence-electron chi connectivity index (χ2n) is 6.73. The number of likely N-dealkylation sites (N-methyl/N-ethyl adjacent to an activating group) is 1. The SMILES string of the molecule is CN1CCC(c2nc3cccnc3n2C2CCCCC2)C1. The Hall–Kier alpha value is -1.42. The van der Waals surface area contributed by atoms with E-state index in [9.17, 15) is 0 Å². The highest BCUT2D eigenvalue weighted by molar-refractivity contribution is 5.71. The van der Waals surface area contributed by atoms with Crippen molar-refractivity contribution in [1.82, 2.24) is 19.4 Å². The Morgan fingerprint density at radius 3 is 2.76 bits per heavy atom. The lowest BCUT2D eigenvalue weighted by atomic mass is 9.94. The van der Waals surface area contributed by atoms with Gasteiger partial charge >= 0.3 is 0 Å². The lowest BCUT2D eigenvalue weighted by Crippen LogP contribution is -2.20. The molecule has 0 aromatic carbocycles. The Balaban J connectivity index is 1.80. The summed E-state index contributed by atoms with van der Waals surface area (Å²) in [5.74, 6) is 1.87. The molecule has 1 aliphatic heterocycles. The number of imidazole rings is 1. The summed E-state index contributed by atoms with van der Waals surface area (Å²) in [5.41, 5.74) is 2.18. The molecule has 4 nitrogen and oxygen atoms in total. The quantitative estimate of drug-likeness (QED) is 0.848. The third-order valence-electron chi connectivity index (χ3n) is 5.17. The average molecular weight is 284 g/mol. The minimum atomic E-state index is 0.575. The summed E-state index contributed by atoms with van der Waals surface area (Å²) >= 11 is 0. The van der Waals surface area contributed by atoms with Crippen molar-refractivity contribution < 1.29 is 0 Å². The van der Waals surface area contributed by atoms with Crippen LogP contribution in [0.1, 0.15) is 56.3 Å². The predicted molar refractivity (Wildman–Crippen MR) is 84.5 cm³/mol. The molecule has 0 spiro atoms. The van der Waals surface area contributed by atoms with E-state index in [1.165, 1.54) is 50.9 Å². The van der Waals surface area contributed by atoms with Crippen molar-refractivity contribution in [3.63, 3.8) is 0 Å². The van der Waals surface area contributed by atoms with Gasteiger partial charge in [0.05, 0.1) is 0 Å². The third-order valence-corrected chi connectivity index (χ3v) is 5.17. The molecule has 2 aliphatic rings. The normalized spacial score (nSPS) is 24.9. The Kier molecular flexibility index (Phi) is 3.42. The van der Waals surface area contributed by atoms with E-state index in [1.54, 1.807) is 0 Å². The summed E-state index contributed by atoms with van der Waals surface area (Å²) in [6.07, 6.45) is 9.80. The highest BCUT2D eigenvalue weighted by Gasteiger charge is 2.30. The molecule has 4 rings (SSSR count). The van der Waals surface area contributed by atoms with Gasteiger partial charge in [0.15, 0.2) is 5.65 Å². The minimum absolute atomic E-state index is 0.575. The topological polar surface area (TPSA) is 34.0 Å². The maximum atomic E-state index is 4.98. The number of likely N-dealkylation sites (tertiary alicyclic amines) is 1. The highest BCUT2D eigenvalue weighted by atomic mass is 15.2. The van der Waals surface area contributed by atoms with E-state index in [0.717, 1.165) is 17.7 Å². The first-order chi connectivity index (χ1) is 10.3. The number of nitrogens with zero attached hydrogens (tertiary/aromatic N) is 4. The van der Waals surface area contributed by atoms with Gasteiger partial charge in [-0.05, 0) is 45.0 Å². The average Bonchev–Trinajstić information content (AvgIpc) is 3.11. The minimum Gasteiger partial charge on any atom is -0.309 e. The van der Waals surface area contributed by atoms with Gasteiger partial charge in [-0.2, -0.15) is 0 Å². The molecule has 0 N–H and O–H groups in total. The first-order valence-corrected chi connectivity index (χ1v) is 8.34. The van der Waals surface area contributed by atoms with Crippen LogP contribution in [0, 0.1) is 0 Å². The molecule has 21 heavy (non-hydrogen) atoms. The Labute approximate surface area is 126 Å². The zero-order chi connectivity index (χ0) is 14.2. The fourth-order valence-electron chi connectivity index (χ4n) is 4.08. The maximum absolute atomic E-state index is 4.98. The molecule has 0 radical (unpaired) electrons. The number of pyridine rings is 1. The molecule has 1 atom stereocenters. The fraction of sp³-hybridized carbons (Fsp3) is 0.647. The van der Waals surface area contributed by atoms with Crippen LogP contribution in [0.4, 0.5) is 0 Å². The van der Waals surface area contributed by atoms with Gasteiger partial charge in [-0.3, -0.25) is 0 Å². The van der Waals surface area contributed by atoms with Gasteiger partial charge < -0.3 is 9.47 Å². The third kappa shape index (κ3) is 2.35. The zero-order valence-corrected chi connectivity index (χ0v) is 12.8. The van der Waals surface area contributed by atoms with E-state index < -0.39 is 0 Å². The van der Waals surface area contributed by atoms with Gasteiger partial charge in [-0.15, -0.1) is 0 Å². The number of fused-ring (bicyclic) bond motifs is 1. The van der Waals surface area contributed by atoms with Crippen LogP contribution in [0.5, 0.6) is 0 Å². The lowest BCUT2D eigenvalue weighted by molar-refractivity contribution is 0.343. The second-order valence-corrected chi connectivity index (χ2v) is 6.73. The second kappa shape index (κ2) is 5.41. The van der Waals surface area contributed by atoms with Crippen LogP contribution in [-0.2, 0) is 0 Å². The lowest BCUT2D eigenvalue weighted by Gasteiger charge is -2.26. The van der Waals surface area contributed by atoms with Gasteiger partial charge in [0.2, 0.25) is 0 Å². The Morgan fingerprint density at radius 2 is 2.00 bits per heavy atom. The maximum Gasteiger partial charge on any atom is 0.160 e. The predicted octanol–water partition coefficient (Wildman–Crippen LogP) is 3.36. The van der Waals surface area contributed by atoms with Gasteiger partial charge in [0.1, 0.15) is 11.3 Å². The first-order valence-electron chi connectivity index (χ1n) is 8.34. The van der Waals surface area contributed by atoms with E-state index in [0.29, 0.717) is 12.0 Å². The molecular formula is C17H24N4. The van der Waals surface area contributed by atoms with Crippen molar-refractivity contribution >= 4 is 11.2 Å². The first kappa shape index (κ1) is 13.3. The van der Waals surface area contributed by atoms with E-state index in [2.05, 4.69) is 27.6 Å². The largest absolute Gasteiger partial charge is 0.309 e. The molecule has 4 heteroatoms. The Bertz CT molecular complexity index is 627. The smallest absolute Gasteiger partial charge is 0.160 e. The van der Waals surface area contributed by atoms with Crippen LogP contribution in [-0.4, -0.2) is 39.6 Å². The van der Waals surface area contributed by atoms with Crippen LogP contribution in [0.25, 0.3) is 11.2 Å². The summed E-state index contributed by atoms with van der Waals surface area (Å²) < 4.78 is 2.50. The molecule has 3 heterocycles. The molecule has 1 saturated heterocycles. The molecule has 2 aromatic rings. The van der Waals surface area contributed by atoms with Crippen LogP contribution in [0.15, 0.2) is 18.3 Å². The van der Waals surface area contributed by atoms with Crippen LogP contribution < -0.4 is 0 Å². The molecule has 0 amide bonds. The van der Waals surface area contributed by atoms with Crippen LogP contribution in [0.3, 0.4) is 0 Å². The van der Waals surface area contributed by atoms with E-state index in [1.807, 2.05) is 12.3 Å². The van der Waals surface area contributed by atoms with Crippen molar-refractivity contribution in [2.24, 2.45) is 0 Å². The zero-order valence-electron chi connectivity index (χ0n) is 12.8. The summed E-state index contributed by atoms with van der Waals surface area (Å²) in [7, 11) is 2.21. The van der Waals surface area contributed by atoms with Crippen molar-refractivity contribution in [1.29, 1.82) is 0 Å². The molecule has 2 fully saturated rings. The van der Waals surface area contributed by atoms with Crippen molar-refractivity contribution in [3.05, 3.63) is 24.2 Å².